The molecule has 0 aliphatic carbocycles. The van der Waals surface area contributed by atoms with Crippen LogP contribution < -0.4 is 5.30 Å². The van der Waals surface area contributed by atoms with Gasteiger partial charge in [-0.25, -0.2) is 0 Å². The molecule has 4 aromatic rings. The second-order valence-corrected chi connectivity index (χ2v) is 8.42. The van der Waals surface area contributed by atoms with E-state index < -0.39 is 7.60 Å². The molecule has 1 aromatic heterocycles. The zero-order valence-electron chi connectivity index (χ0n) is 12.4. The summed E-state index contributed by atoms with van der Waals surface area (Å²) in [6, 6.07) is 20.9. The first kappa shape index (κ1) is 15.8. The molecule has 24 heavy (non-hydrogen) atoms. The summed E-state index contributed by atoms with van der Waals surface area (Å²) in [4.78, 5) is 18.6. The van der Waals surface area contributed by atoms with E-state index in [1.54, 1.807) is 12.1 Å². The zero-order chi connectivity index (χ0) is 16.9. The quantitative estimate of drug-likeness (QED) is 0.357. The Balaban J connectivity index is 2.03. The molecule has 0 aliphatic heterocycles. The van der Waals surface area contributed by atoms with Crippen molar-refractivity contribution in [3.8, 4) is 5.69 Å². The summed E-state index contributed by atoms with van der Waals surface area (Å²) in [5, 5.41) is 2.35. The average molecular weight is 449 g/mol. The van der Waals surface area contributed by atoms with Gasteiger partial charge in [-0.3, -0.25) is 4.57 Å². The van der Waals surface area contributed by atoms with E-state index in [9.17, 15) is 14.4 Å². The van der Waals surface area contributed by atoms with Gasteiger partial charge >= 0.3 is 7.60 Å². The summed E-state index contributed by atoms with van der Waals surface area (Å²) < 4.78 is 14.7. The Morgan fingerprint density at radius 1 is 0.833 bits per heavy atom. The molecular formula is C18H13INO3P. The summed E-state index contributed by atoms with van der Waals surface area (Å²) in [6.07, 6.45) is 0. The third kappa shape index (κ3) is 2.58. The molecule has 0 radical (unpaired) electrons. The van der Waals surface area contributed by atoms with Crippen LogP contribution in [-0.2, 0) is 4.57 Å². The Morgan fingerprint density at radius 2 is 1.50 bits per heavy atom. The summed E-state index contributed by atoms with van der Waals surface area (Å²) in [6.45, 7) is 0. The number of para-hydroxylation sites is 1. The molecule has 0 spiro atoms. The average Bonchev–Trinajstić information content (AvgIpc) is 2.88. The molecular weight excluding hydrogens is 436 g/mol. The Bertz CT molecular complexity index is 1110. The van der Waals surface area contributed by atoms with Crippen molar-refractivity contribution in [3.05, 3.63) is 70.3 Å². The van der Waals surface area contributed by atoms with Gasteiger partial charge in [0, 0.05) is 20.0 Å². The highest BCUT2D eigenvalue weighted by molar-refractivity contribution is 14.1. The van der Waals surface area contributed by atoms with E-state index >= 15 is 0 Å². The summed E-state index contributed by atoms with van der Waals surface area (Å²) >= 11 is 2.30. The molecule has 0 bridgehead atoms. The van der Waals surface area contributed by atoms with E-state index in [1.165, 1.54) is 15.7 Å². The monoisotopic (exact) mass is 449 g/mol. The summed E-state index contributed by atoms with van der Waals surface area (Å²) in [5.74, 6) is 0. The van der Waals surface area contributed by atoms with Gasteiger partial charge in [0.05, 0.1) is 16.3 Å². The first-order valence-electron chi connectivity index (χ1n) is 7.30. The SMILES string of the molecule is O=P(O)(O)c1ccc(-n2c3ccccc3c3cc(I)ccc32)cc1. The lowest BCUT2D eigenvalue weighted by molar-refractivity contribution is 0.387. The number of benzene rings is 3. The van der Waals surface area contributed by atoms with Crippen molar-refractivity contribution in [2.45, 2.75) is 0 Å². The summed E-state index contributed by atoms with van der Waals surface area (Å²) in [5.41, 5.74) is 3.01. The van der Waals surface area contributed by atoms with Crippen LogP contribution in [0.2, 0.25) is 0 Å². The van der Waals surface area contributed by atoms with Gasteiger partial charge in [0.15, 0.2) is 0 Å². The maximum atomic E-state index is 11.4. The number of hydrogen-bond donors (Lipinski definition) is 2. The number of halogens is 1. The van der Waals surface area contributed by atoms with Gasteiger partial charge in [-0.2, -0.15) is 0 Å². The second kappa shape index (κ2) is 5.70. The predicted molar refractivity (Wildman–Crippen MR) is 105 cm³/mol. The molecule has 4 nitrogen and oxygen atoms in total. The van der Waals surface area contributed by atoms with E-state index in [1.807, 2.05) is 12.1 Å². The lowest BCUT2D eigenvalue weighted by Gasteiger charge is -2.09. The normalized spacial score (nSPS) is 12.1. The third-order valence-electron chi connectivity index (χ3n) is 4.08. The van der Waals surface area contributed by atoms with Crippen molar-refractivity contribution in [1.82, 2.24) is 4.57 Å². The van der Waals surface area contributed by atoms with Crippen LogP contribution in [0.3, 0.4) is 0 Å². The molecule has 2 N–H and O–H groups in total. The fraction of sp³-hybridized carbons (Fsp3) is 0. The first-order chi connectivity index (χ1) is 11.4. The van der Waals surface area contributed by atoms with Crippen molar-refractivity contribution in [2.75, 3.05) is 0 Å². The smallest absolute Gasteiger partial charge is 0.321 e. The lowest BCUT2D eigenvalue weighted by Crippen LogP contribution is -2.04. The number of aromatic nitrogens is 1. The molecule has 0 amide bonds. The Labute approximate surface area is 152 Å². The Morgan fingerprint density at radius 3 is 2.21 bits per heavy atom. The highest BCUT2D eigenvalue weighted by Gasteiger charge is 2.17. The minimum absolute atomic E-state index is 0.0292. The van der Waals surface area contributed by atoms with Gasteiger partial charge in [0.25, 0.3) is 0 Å². The van der Waals surface area contributed by atoms with Crippen molar-refractivity contribution in [2.24, 2.45) is 0 Å². The molecule has 0 unspecified atom stereocenters. The molecule has 4 rings (SSSR count). The van der Waals surface area contributed by atoms with E-state index in [4.69, 9.17) is 0 Å². The molecule has 0 saturated heterocycles. The minimum atomic E-state index is -4.23. The highest BCUT2D eigenvalue weighted by atomic mass is 127. The molecule has 6 heteroatoms. The summed E-state index contributed by atoms with van der Waals surface area (Å²) in [7, 11) is -4.23. The van der Waals surface area contributed by atoms with Gasteiger partial charge in [-0.1, -0.05) is 18.2 Å². The molecule has 0 saturated carbocycles. The number of nitrogens with zero attached hydrogens (tertiary/aromatic N) is 1. The fourth-order valence-electron chi connectivity index (χ4n) is 3.02. The maximum absolute atomic E-state index is 11.4. The molecule has 0 aliphatic rings. The molecule has 0 fully saturated rings. The van der Waals surface area contributed by atoms with Crippen LogP contribution in [0.5, 0.6) is 0 Å². The van der Waals surface area contributed by atoms with Crippen LogP contribution in [0.25, 0.3) is 27.5 Å². The fourth-order valence-corrected chi connectivity index (χ4v) is 4.05. The van der Waals surface area contributed by atoms with Crippen LogP contribution in [0.4, 0.5) is 0 Å². The van der Waals surface area contributed by atoms with Crippen molar-refractivity contribution < 1.29 is 14.4 Å². The topological polar surface area (TPSA) is 62.5 Å². The Kier molecular flexibility index (Phi) is 3.77. The largest absolute Gasteiger partial charge is 0.356 e. The van der Waals surface area contributed by atoms with Gasteiger partial charge in [0.1, 0.15) is 0 Å². The Hall–Kier alpha value is -1.66. The zero-order valence-corrected chi connectivity index (χ0v) is 15.5. The van der Waals surface area contributed by atoms with Gasteiger partial charge < -0.3 is 14.4 Å². The predicted octanol–water partition coefficient (Wildman–Crippen LogP) is 4.19. The third-order valence-corrected chi connectivity index (χ3v) is 5.72. The van der Waals surface area contributed by atoms with Crippen LogP contribution in [-0.4, -0.2) is 14.4 Å². The van der Waals surface area contributed by atoms with E-state index in [0.717, 1.165) is 27.5 Å². The lowest BCUT2D eigenvalue weighted by atomic mass is 10.2. The van der Waals surface area contributed by atoms with E-state index in [2.05, 4.69) is 57.5 Å². The minimum Gasteiger partial charge on any atom is -0.321 e. The van der Waals surface area contributed by atoms with E-state index in [-0.39, 0.29) is 5.30 Å². The molecule has 120 valence electrons. The molecule has 1 heterocycles. The molecule has 3 aromatic carbocycles. The van der Waals surface area contributed by atoms with Crippen molar-refractivity contribution >= 4 is 57.3 Å². The maximum Gasteiger partial charge on any atom is 0.356 e. The standard InChI is InChI=1S/C18H13INO3P/c19-12-5-10-18-16(11-12)15-3-1-2-4-17(15)20(18)13-6-8-14(9-7-13)24(21,22)23/h1-11H,(H2,21,22,23). The number of rotatable bonds is 2. The number of fused-ring (bicyclic) bond motifs is 3. The highest BCUT2D eigenvalue weighted by Crippen LogP contribution is 2.35. The number of hydrogen-bond acceptors (Lipinski definition) is 1. The van der Waals surface area contributed by atoms with Gasteiger partial charge in [-0.15, -0.1) is 0 Å². The first-order valence-corrected chi connectivity index (χ1v) is 9.99. The van der Waals surface area contributed by atoms with Crippen LogP contribution in [0, 0.1) is 3.57 Å². The van der Waals surface area contributed by atoms with E-state index in [0.29, 0.717) is 0 Å². The van der Waals surface area contributed by atoms with Crippen LogP contribution in [0.15, 0.2) is 66.7 Å². The van der Waals surface area contributed by atoms with Crippen LogP contribution >= 0.6 is 30.2 Å². The second-order valence-electron chi connectivity index (χ2n) is 5.57. The van der Waals surface area contributed by atoms with Crippen LogP contribution in [0.1, 0.15) is 0 Å². The van der Waals surface area contributed by atoms with Crippen molar-refractivity contribution in [1.29, 1.82) is 0 Å². The van der Waals surface area contributed by atoms with Crippen molar-refractivity contribution in [3.63, 3.8) is 0 Å². The van der Waals surface area contributed by atoms with Gasteiger partial charge in [-0.05, 0) is 71.1 Å². The van der Waals surface area contributed by atoms with Gasteiger partial charge in [0.2, 0.25) is 0 Å². The molecule has 0 atom stereocenters.